The molecule has 1 amide bonds. The molecule has 1 aliphatic heterocycles. The smallest absolute Gasteiger partial charge is 0.303 e. The van der Waals surface area contributed by atoms with Gasteiger partial charge in [0.05, 0.1) is 0 Å². The number of carboxylic acids is 1. The van der Waals surface area contributed by atoms with E-state index in [2.05, 4.69) is 5.32 Å². The maximum absolute atomic E-state index is 12.3. The van der Waals surface area contributed by atoms with Crippen LogP contribution in [-0.2, 0) is 20.7 Å². The summed E-state index contributed by atoms with van der Waals surface area (Å²) >= 11 is 0. The van der Waals surface area contributed by atoms with Gasteiger partial charge in [-0.25, -0.2) is 0 Å². The number of anilines is 1. The number of hydrogen-bond donors (Lipinski definition) is 2. The maximum Gasteiger partial charge on any atom is 0.303 e. The predicted molar refractivity (Wildman–Crippen MR) is 74.6 cm³/mol. The van der Waals surface area contributed by atoms with Crippen LogP contribution in [0, 0.1) is 0 Å². The van der Waals surface area contributed by atoms with Crippen molar-refractivity contribution in [3.63, 3.8) is 0 Å². The van der Waals surface area contributed by atoms with Gasteiger partial charge >= 0.3 is 5.97 Å². The number of carbonyl (C=O) groups is 2. The average Bonchev–Trinajstić information content (AvgIpc) is 2.86. The minimum Gasteiger partial charge on any atom is -0.481 e. The van der Waals surface area contributed by atoms with Crippen LogP contribution in [0.1, 0.15) is 31.7 Å². The highest BCUT2D eigenvalue weighted by atomic mass is 16.5. The maximum atomic E-state index is 12.3. The van der Waals surface area contributed by atoms with E-state index in [4.69, 9.17) is 9.84 Å². The van der Waals surface area contributed by atoms with Crippen molar-refractivity contribution in [2.45, 2.75) is 38.2 Å². The van der Waals surface area contributed by atoms with E-state index in [-0.39, 0.29) is 12.3 Å². The first-order chi connectivity index (χ1) is 9.51. The van der Waals surface area contributed by atoms with E-state index in [1.165, 1.54) is 0 Å². The van der Waals surface area contributed by atoms with E-state index in [0.717, 1.165) is 12.0 Å². The van der Waals surface area contributed by atoms with Crippen LogP contribution in [0.15, 0.2) is 24.3 Å². The lowest BCUT2D eigenvalue weighted by atomic mass is 10.0. The third kappa shape index (κ3) is 3.36. The molecule has 1 heterocycles. The summed E-state index contributed by atoms with van der Waals surface area (Å²) in [6.07, 6.45) is 2.02. The number of hydrogen-bond acceptors (Lipinski definition) is 3. The van der Waals surface area contributed by atoms with Crippen LogP contribution >= 0.6 is 0 Å². The summed E-state index contributed by atoms with van der Waals surface area (Å²) in [5, 5.41) is 11.6. The highest BCUT2D eigenvalue weighted by Crippen LogP contribution is 2.27. The van der Waals surface area contributed by atoms with Gasteiger partial charge in [-0.05, 0) is 37.8 Å². The normalized spacial score (nSPS) is 21.6. The molecule has 1 aromatic carbocycles. The lowest BCUT2D eigenvalue weighted by molar-refractivity contribution is -0.137. The SMILES string of the molecule is CC1(C(=O)Nc2ccccc2CCC(=O)O)CCCO1. The summed E-state index contributed by atoms with van der Waals surface area (Å²) in [5.74, 6) is -1.02. The lowest BCUT2D eigenvalue weighted by Gasteiger charge is -2.22. The quantitative estimate of drug-likeness (QED) is 0.865. The molecule has 0 saturated carbocycles. The second-order valence-electron chi connectivity index (χ2n) is 5.19. The van der Waals surface area contributed by atoms with Crippen LogP contribution < -0.4 is 5.32 Å². The number of nitrogens with one attached hydrogen (secondary N) is 1. The van der Waals surface area contributed by atoms with Gasteiger partial charge in [-0.15, -0.1) is 0 Å². The van der Waals surface area contributed by atoms with Crippen molar-refractivity contribution in [2.75, 3.05) is 11.9 Å². The molecule has 5 heteroatoms. The minimum atomic E-state index is -0.850. The number of ether oxygens (including phenoxy) is 1. The van der Waals surface area contributed by atoms with Crippen LogP contribution in [0.25, 0.3) is 0 Å². The second kappa shape index (κ2) is 6.05. The van der Waals surface area contributed by atoms with Crippen LogP contribution in [0.5, 0.6) is 0 Å². The van der Waals surface area contributed by atoms with Crippen molar-refractivity contribution < 1.29 is 19.4 Å². The van der Waals surface area contributed by atoms with Crippen LogP contribution in [0.4, 0.5) is 5.69 Å². The molecule has 5 nitrogen and oxygen atoms in total. The molecule has 1 aromatic rings. The van der Waals surface area contributed by atoms with Gasteiger partial charge < -0.3 is 15.2 Å². The Balaban J connectivity index is 2.08. The number of para-hydroxylation sites is 1. The van der Waals surface area contributed by atoms with Crippen molar-refractivity contribution in [3.8, 4) is 0 Å². The Bertz CT molecular complexity index is 506. The molecule has 0 spiro atoms. The zero-order valence-corrected chi connectivity index (χ0v) is 11.5. The van der Waals surface area contributed by atoms with Crippen molar-refractivity contribution in [3.05, 3.63) is 29.8 Å². The topological polar surface area (TPSA) is 75.6 Å². The van der Waals surface area contributed by atoms with E-state index in [1.807, 2.05) is 18.2 Å². The van der Waals surface area contributed by atoms with Crippen molar-refractivity contribution in [2.24, 2.45) is 0 Å². The van der Waals surface area contributed by atoms with E-state index in [9.17, 15) is 9.59 Å². The third-order valence-corrected chi connectivity index (χ3v) is 3.57. The van der Waals surface area contributed by atoms with Crippen LogP contribution in [-0.4, -0.2) is 29.2 Å². The summed E-state index contributed by atoms with van der Waals surface area (Å²) < 4.78 is 5.51. The van der Waals surface area contributed by atoms with Crippen molar-refractivity contribution in [1.82, 2.24) is 0 Å². The van der Waals surface area contributed by atoms with Crippen LogP contribution in [0.2, 0.25) is 0 Å². The van der Waals surface area contributed by atoms with Gasteiger partial charge in [0.15, 0.2) is 0 Å². The van der Waals surface area contributed by atoms with Crippen molar-refractivity contribution >= 4 is 17.6 Å². The Morgan fingerprint density at radius 2 is 2.15 bits per heavy atom. The van der Waals surface area contributed by atoms with E-state index in [1.54, 1.807) is 13.0 Å². The molecule has 0 aliphatic carbocycles. The molecular formula is C15H19NO4. The molecule has 1 atom stereocenters. The van der Waals surface area contributed by atoms with Gasteiger partial charge in [-0.2, -0.15) is 0 Å². The molecule has 108 valence electrons. The van der Waals surface area contributed by atoms with Gasteiger partial charge in [-0.3, -0.25) is 9.59 Å². The molecule has 2 rings (SSSR count). The standard InChI is InChI=1S/C15H19NO4/c1-15(9-4-10-20-15)14(19)16-12-6-3-2-5-11(12)7-8-13(17)18/h2-3,5-6H,4,7-10H2,1H3,(H,16,19)(H,17,18). The lowest BCUT2D eigenvalue weighted by Crippen LogP contribution is -2.39. The van der Waals surface area contributed by atoms with E-state index in [0.29, 0.717) is 25.1 Å². The summed E-state index contributed by atoms with van der Waals surface area (Å²) in [6.45, 7) is 2.39. The number of carboxylic acid groups (broad SMARTS) is 1. The second-order valence-corrected chi connectivity index (χ2v) is 5.19. The monoisotopic (exact) mass is 277 g/mol. The average molecular weight is 277 g/mol. The molecular weight excluding hydrogens is 258 g/mol. The zero-order chi connectivity index (χ0) is 14.6. The predicted octanol–water partition coefficient (Wildman–Crippen LogP) is 2.21. The Labute approximate surface area is 117 Å². The fourth-order valence-corrected chi connectivity index (χ4v) is 2.31. The number of amides is 1. The first-order valence-electron chi connectivity index (χ1n) is 6.76. The van der Waals surface area contributed by atoms with Gasteiger partial charge in [-0.1, -0.05) is 18.2 Å². The first kappa shape index (κ1) is 14.5. The summed E-state index contributed by atoms with van der Waals surface area (Å²) in [5.41, 5.74) is 0.709. The zero-order valence-electron chi connectivity index (χ0n) is 11.5. The summed E-state index contributed by atoms with van der Waals surface area (Å²) in [4.78, 5) is 22.9. The third-order valence-electron chi connectivity index (χ3n) is 3.57. The van der Waals surface area contributed by atoms with Gasteiger partial charge in [0, 0.05) is 18.7 Å². The molecule has 0 bridgehead atoms. The first-order valence-corrected chi connectivity index (χ1v) is 6.76. The molecule has 1 saturated heterocycles. The molecule has 20 heavy (non-hydrogen) atoms. The highest BCUT2D eigenvalue weighted by molar-refractivity contribution is 5.97. The molecule has 1 unspecified atom stereocenters. The van der Waals surface area contributed by atoms with Gasteiger partial charge in [0.25, 0.3) is 5.91 Å². The number of benzene rings is 1. The van der Waals surface area contributed by atoms with Gasteiger partial charge in [0.2, 0.25) is 0 Å². The Kier molecular flexibility index (Phi) is 4.39. The molecule has 1 aliphatic rings. The van der Waals surface area contributed by atoms with Crippen molar-refractivity contribution in [1.29, 1.82) is 0 Å². The molecule has 1 fully saturated rings. The largest absolute Gasteiger partial charge is 0.481 e. The molecule has 2 N–H and O–H groups in total. The Morgan fingerprint density at radius 1 is 1.40 bits per heavy atom. The van der Waals surface area contributed by atoms with Gasteiger partial charge in [0.1, 0.15) is 5.60 Å². The number of aryl methyl sites for hydroxylation is 1. The number of aliphatic carboxylic acids is 1. The number of carbonyl (C=O) groups excluding carboxylic acids is 1. The highest BCUT2D eigenvalue weighted by Gasteiger charge is 2.37. The summed E-state index contributed by atoms with van der Waals surface area (Å²) in [7, 11) is 0. The van der Waals surface area contributed by atoms with E-state index >= 15 is 0 Å². The summed E-state index contributed by atoms with van der Waals surface area (Å²) in [6, 6.07) is 7.27. The van der Waals surface area contributed by atoms with E-state index < -0.39 is 11.6 Å². The fourth-order valence-electron chi connectivity index (χ4n) is 2.31. The minimum absolute atomic E-state index is 0.0423. The Hall–Kier alpha value is -1.88. The fraction of sp³-hybridized carbons (Fsp3) is 0.467. The van der Waals surface area contributed by atoms with Crippen LogP contribution in [0.3, 0.4) is 0 Å². The number of rotatable bonds is 5. The molecule has 0 aromatic heterocycles. The Morgan fingerprint density at radius 3 is 2.80 bits per heavy atom. The molecule has 0 radical (unpaired) electrons.